The van der Waals surface area contributed by atoms with Gasteiger partial charge < -0.3 is 14.0 Å². The van der Waals surface area contributed by atoms with E-state index in [2.05, 4.69) is 15.0 Å². The molecular weight excluding hydrogens is 287 g/mol. The molecule has 2 heterocycles. The number of aryl methyl sites for hydroxylation is 2. The maximum atomic E-state index is 14.6. The van der Waals surface area contributed by atoms with E-state index in [4.69, 9.17) is 9.47 Å². The fraction of sp³-hybridized carbons (Fsp3) is 0.267. The molecule has 0 radical (unpaired) electrons. The quantitative estimate of drug-likeness (QED) is 0.744. The Morgan fingerprint density at radius 1 is 1.14 bits per heavy atom. The molecule has 0 bridgehead atoms. The average Bonchev–Trinajstić information content (AvgIpc) is 2.88. The molecule has 1 aromatic carbocycles. The van der Waals surface area contributed by atoms with Gasteiger partial charge in [0.25, 0.3) is 0 Å². The Morgan fingerprint density at radius 3 is 2.59 bits per heavy atom. The van der Waals surface area contributed by atoms with Crippen LogP contribution in [0.3, 0.4) is 0 Å². The number of rotatable bonds is 3. The molecule has 22 heavy (non-hydrogen) atoms. The highest BCUT2D eigenvalue weighted by molar-refractivity contribution is 5.79. The van der Waals surface area contributed by atoms with Crippen LogP contribution in [-0.4, -0.2) is 33.7 Å². The van der Waals surface area contributed by atoms with E-state index in [0.717, 1.165) is 0 Å². The van der Waals surface area contributed by atoms with Gasteiger partial charge >= 0.3 is 0 Å². The standard InChI is InChI=1S/C15H15FN4O2/c1-8-5-6-9(10(16)12(8)21-3)13-18-14-11(15(19-13)22-4)20(2)7-17-14/h5-7H,1-4H3. The SMILES string of the molecule is COc1c(C)ccc(-c2nc(OC)c3c(ncn3C)n2)c1F. The van der Waals surface area contributed by atoms with Crippen molar-refractivity contribution in [1.82, 2.24) is 19.5 Å². The van der Waals surface area contributed by atoms with E-state index in [9.17, 15) is 4.39 Å². The number of ether oxygens (including phenoxy) is 2. The average molecular weight is 302 g/mol. The summed E-state index contributed by atoms with van der Waals surface area (Å²) >= 11 is 0. The Morgan fingerprint density at radius 2 is 1.91 bits per heavy atom. The fourth-order valence-electron chi connectivity index (χ4n) is 2.36. The first-order valence-electron chi connectivity index (χ1n) is 6.63. The zero-order valence-electron chi connectivity index (χ0n) is 12.7. The van der Waals surface area contributed by atoms with Crippen molar-refractivity contribution < 1.29 is 13.9 Å². The van der Waals surface area contributed by atoms with Crippen LogP contribution in [0.5, 0.6) is 11.6 Å². The van der Waals surface area contributed by atoms with Crippen molar-refractivity contribution in [2.45, 2.75) is 6.92 Å². The first-order valence-corrected chi connectivity index (χ1v) is 6.63. The molecule has 3 rings (SSSR count). The van der Waals surface area contributed by atoms with Crippen molar-refractivity contribution in [3.8, 4) is 23.0 Å². The molecule has 0 aliphatic heterocycles. The molecule has 0 amide bonds. The second-order valence-corrected chi connectivity index (χ2v) is 4.86. The van der Waals surface area contributed by atoms with Crippen LogP contribution in [0.4, 0.5) is 4.39 Å². The minimum absolute atomic E-state index is 0.182. The molecule has 3 aromatic rings. The van der Waals surface area contributed by atoms with E-state index in [0.29, 0.717) is 22.6 Å². The number of hydrogen-bond acceptors (Lipinski definition) is 5. The molecule has 0 aliphatic carbocycles. The van der Waals surface area contributed by atoms with Crippen molar-refractivity contribution in [3.05, 3.63) is 29.8 Å². The largest absolute Gasteiger partial charge is 0.493 e. The van der Waals surface area contributed by atoms with E-state index in [1.54, 1.807) is 30.0 Å². The molecule has 0 spiro atoms. The van der Waals surface area contributed by atoms with Crippen LogP contribution in [0.2, 0.25) is 0 Å². The van der Waals surface area contributed by atoms with Crippen molar-refractivity contribution in [2.75, 3.05) is 14.2 Å². The van der Waals surface area contributed by atoms with Crippen LogP contribution < -0.4 is 9.47 Å². The van der Waals surface area contributed by atoms with Crippen molar-refractivity contribution in [3.63, 3.8) is 0 Å². The second-order valence-electron chi connectivity index (χ2n) is 4.86. The summed E-state index contributed by atoms with van der Waals surface area (Å²) < 4.78 is 26.7. The monoisotopic (exact) mass is 302 g/mol. The molecule has 0 saturated carbocycles. The summed E-state index contributed by atoms with van der Waals surface area (Å²) in [5.41, 5.74) is 2.05. The number of fused-ring (bicyclic) bond motifs is 1. The van der Waals surface area contributed by atoms with Crippen molar-refractivity contribution in [1.29, 1.82) is 0 Å². The molecule has 2 aromatic heterocycles. The maximum Gasteiger partial charge on any atom is 0.243 e. The van der Waals surface area contributed by atoms with Crippen LogP contribution in [0.25, 0.3) is 22.6 Å². The summed E-state index contributed by atoms with van der Waals surface area (Å²) in [4.78, 5) is 12.8. The van der Waals surface area contributed by atoms with E-state index in [1.165, 1.54) is 14.2 Å². The maximum absolute atomic E-state index is 14.6. The number of nitrogens with zero attached hydrogens (tertiary/aromatic N) is 4. The Hall–Kier alpha value is -2.70. The molecule has 6 nitrogen and oxygen atoms in total. The minimum atomic E-state index is -0.500. The highest BCUT2D eigenvalue weighted by Crippen LogP contribution is 2.32. The lowest BCUT2D eigenvalue weighted by Crippen LogP contribution is -2.01. The molecule has 0 unspecified atom stereocenters. The van der Waals surface area contributed by atoms with Gasteiger partial charge in [0.05, 0.1) is 26.1 Å². The summed E-state index contributed by atoms with van der Waals surface area (Å²) in [6.45, 7) is 1.77. The van der Waals surface area contributed by atoms with Gasteiger partial charge in [-0.2, -0.15) is 4.98 Å². The summed E-state index contributed by atoms with van der Waals surface area (Å²) in [6, 6.07) is 3.38. The lowest BCUT2D eigenvalue weighted by Gasteiger charge is -2.10. The normalized spacial score (nSPS) is 11.0. The fourth-order valence-corrected chi connectivity index (χ4v) is 2.36. The van der Waals surface area contributed by atoms with Gasteiger partial charge in [-0.3, -0.25) is 0 Å². The van der Waals surface area contributed by atoms with Gasteiger partial charge in [-0.1, -0.05) is 6.07 Å². The smallest absolute Gasteiger partial charge is 0.243 e. The van der Waals surface area contributed by atoms with E-state index >= 15 is 0 Å². The summed E-state index contributed by atoms with van der Waals surface area (Å²) in [5.74, 6) is 0.235. The van der Waals surface area contributed by atoms with Gasteiger partial charge in [-0.15, -0.1) is 0 Å². The zero-order valence-corrected chi connectivity index (χ0v) is 12.7. The molecule has 7 heteroatoms. The van der Waals surface area contributed by atoms with Crippen LogP contribution >= 0.6 is 0 Å². The second kappa shape index (κ2) is 5.25. The first kappa shape index (κ1) is 14.2. The Labute approximate surface area is 126 Å². The molecule has 0 atom stereocenters. The van der Waals surface area contributed by atoms with Gasteiger partial charge in [0.2, 0.25) is 5.88 Å². The number of halogens is 1. The van der Waals surface area contributed by atoms with Gasteiger partial charge in [0.1, 0.15) is 0 Å². The molecule has 0 saturated heterocycles. The third kappa shape index (κ3) is 2.05. The van der Waals surface area contributed by atoms with Crippen molar-refractivity contribution in [2.24, 2.45) is 7.05 Å². The number of imidazole rings is 1. The van der Waals surface area contributed by atoms with Gasteiger partial charge in [-0.05, 0) is 18.6 Å². The molecule has 114 valence electrons. The van der Waals surface area contributed by atoms with Gasteiger partial charge in [-0.25, -0.2) is 14.4 Å². The van der Waals surface area contributed by atoms with Crippen LogP contribution in [0.1, 0.15) is 5.56 Å². The highest BCUT2D eigenvalue weighted by Gasteiger charge is 2.19. The third-order valence-corrected chi connectivity index (χ3v) is 3.47. The lowest BCUT2D eigenvalue weighted by molar-refractivity contribution is 0.384. The number of methoxy groups -OCH3 is 2. The predicted molar refractivity (Wildman–Crippen MR) is 79.5 cm³/mol. The van der Waals surface area contributed by atoms with Crippen LogP contribution in [0.15, 0.2) is 18.5 Å². The highest BCUT2D eigenvalue weighted by atomic mass is 19.1. The predicted octanol–water partition coefficient (Wildman–Crippen LogP) is 2.50. The zero-order chi connectivity index (χ0) is 15.9. The number of hydrogen-bond donors (Lipinski definition) is 0. The van der Waals surface area contributed by atoms with Crippen molar-refractivity contribution >= 4 is 11.2 Å². The molecule has 0 aliphatic rings. The Bertz CT molecular complexity index is 860. The molecule has 0 fully saturated rings. The van der Waals surface area contributed by atoms with Gasteiger partial charge in [0.15, 0.2) is 28.6 Å². The van der Waals surface area contributed by atoms with Gasteiger partial charge in [0, 0.05) is 7.05 Å². The Kier molecular flexibility index (Phi) is 3.40. The van der Waals surface area contributed by atoms with E-state index in [-0.39, 0.29) is 17.1 Å². The van der Waals surface area contributed by atoms with Crippen LogP contribution in [0, 0.1) is 12.7 Å². The number of aromatic nitrogens is 4. The third-order valence-electron chi connectivity index (χ3n) is 3.47. The van der Waals surface area contributed by atoms with Crippen LogP contribution in [-0.2, 0) is 7.05 Å². The molecule has 0 N–H and O–H groups in total. The lowest BCUT2D eigenvalue weighted by atomic mass is 10.1. The minimum Gasteiger partial charge on any atom is -0.493 e. The molecular formula is C15H15FN4O2. The summed E-state index contributed by atoms with van der Waals surface area (Å²) in [5, 5.41) is 0. The van der Waals surface area contributed by atoms with E-state index in [1.807, 2.05) is 7.05 Å². The number of benzene rings is 1. The first-order chi connectivity index (χ1) is 10.6. The Balaban J connectivity index is 2.27. The summed E-state index contributed by atoms with van der Waals surface area (Å²) in [6.07, 6.45) is 1.61. The van der Waals surface area contributed by atoms with E-state index < -0.39 is 5.82 Å². The summed E-state index contributed by atoms with van der Waals surface area (Å²) in [7, 11) is 4.75. The topological polar surface area (TPSA) is 62.1 Å².